The van der Waals surface area contributed by atoms with Crippen LogP contribution in [0.4, 0.5) is 4.79 Å². The summed E-state index contributed by atoms with van der Waals surface area (Å²) in [5.41, 5.74) is -0.497. The molecule has 0 N–H and O–H groups in total. The number of hydrogen-bond acceptors (Lipinski definition) is 6. The minimum absolute atomic E-state index is 0.143. The molecule has 0 radical (unpaired) electrons. The van der Waals surface area contributed by atoms with Gasteiger partial charge in [0.2, 0.25) is 0 Å². The maximum absolute atomic E-state index is 12.2. The molecule has 0 saturated carbocycles. The van der Waals surface area contributed by atoms with Gasteiger partial charge < -0.3 is 14.4 Å². The molecule has 0 aromatic carbocycles. The quantitative estimate of drug-likeness (QED) is 0.781. The highest BCUT2D eigenvalue weighted by Crippen LogP contribution is 2.30. The predicted molar refractivity (Wildman–Crippen MR) is 83.2 cm³/mol. The molecule has 1 atom stereocenters. The van der Waals surface area contributed by atoms with Crippen LogP contribution in [0.2, 0.25) is 0 Å². The van der Waals surface area contributed by atoms with E-state index in [1.165, 1.54) is 24.6 Å². The first-order valence-electron chi connectivity index (χ1n) is 7.32. The number of ether oxygens (including phenoxy) is 2. The Morgan fingerprint density at radius 1 is 1.41 bits per heavy atom. The zero-order valence-electron chi connectivity index (χ0n) is 13.4. The van der Waals surface area contributed by atoms with E-state index in [4.69, 9.17) is 9.47 Å². The number of rotatable bonds is 2. The van der Waals surface area contributed by atoms with Crippen LogP contribution in [0.5, 0.6) is 0 Å². The van der Waals surface area contributed by atoms with Crippen LogP contribution in [0.3, 0.4) is 0 Å². The van der Waals surface area contributed by atoms with Crippen molar-refractivity contribution >= 4 is 23.4 Å². The summed E-state index contributed by atoms with van der Waals surface area (Å²) in [5.74, 6) is -0.228. The highest BCUT2D eigenvalue weighted by molar-refractivity contribution is 7.13. The summed E-state index contributed by atoms with van der Waals surface area (Å²) >= 11 is 1.33. The van der Waals surface area contributed by atoms with Gasteiger partial charge in [0, 0.05) is 19.0 Å². The van der Waals surface area contributed by atoms with Crippen LogP contribution in [-0.2, 0) is 9.47 Å². The molecule has 22 heavy (non-hydrogen) atoms. The maximum atomic E-state index is 12.2. The van der Waals surface area contributed by atoms with Crippen molar-refractivity contribution in [2.24, 2.45) is 0 Å². The van der Waals surface area contributed by atoms with Gasteiger partial charge in [0.15, 0.2) is 0 Å². The minimum atomic E-state index is -0.497. The summed E-state index contributed by atoms with van der Waals surface area (Å²) in [7, 11) is 1.35. The number of nitrogens with zero attached hydrogens (tertiary/aromatic N) is 2. The standard InChI is InChI=1S/C15H22N2O4S/c1-15(2,3)21-14(19)17-7-5-6-10(9-17)12-16-8-11(22-12)13(18)20-4/h8,10H,5-7,9H2,1-4H3. The largest absolute Gasteiger partial charge is 0.465 e. The fraction of sp³-hybridized carbons (Fsp3) is 0.667. The second-order valence-corrected chi connectivity index (χ2v) is 7.38. The Morgan fingerprint density at radius 3 is 2.77 bits per heavy atom. The van der Waals surface area contributed by atoms with Crippen LogP contribution in [0.1, 0.15) is 54.2 Å². The Bertz CT molecular complexity index is 550. The SMILES string of the molecule is COC(=O)c1cnc(C2CCCN(C(=O)OC(C)(C)C)C2)s1. The number of carbonyl (C=O) groups is 2. The van der Waals surface area contributed by atoms with E-state index in [1.54, 1.807) is 4.90 Å². The lowest BCUT2D eigenvalue weighted by molar-refractivity contribution is 0.0198. The van der Waals surface area contributed by atoms with E-state index in [2.05, 4.69) is 4.98 Å². The van der Waals surface area contributed by atoms with E-state index in [0.29, 0.717) is 18.0 Å². The van der Waals surface area contributed by atoms with Crippen molar-refractivity contribution < 1.29 is 19.1 Å². The summed E-state index contributed by atoms with van der Waals surface area (Å²) in [6.45, 7) is 6.84. The molecule has 1 saturated heterocycles. The van der Waals surface area contributed by atoms with Gasteiger partial charge in [0.05, 0.1) is 18.3 Å². The molecule has 1 amide bonds. The molecule has 1 aromatic heterocycles. The zero-order chi connectivity index (χ0) is 16.3. The fourth-order valence-electron chi connectivity index (χ4n) is 2.34. The molecule has 0 bridgehead atoms. The van der Waals surface area contributed by atoms with Crippen molar-refractivity contribution in [1.29, 1.82) is 0 Å². The lowest BCUT2D eigenvalue weighted by atomic mass is 9.99. The number of aromatic nitrogens is 1. The average Bonchev–Trinajstić information content (AvgIpc) is 2.94. The van der Waals surface area contributed by atoms with Crippen LogP contribution < -0.4 is 0 Å². The van der Waals surface area contributed by atoms with Gasteiger partial charge in [-0.15, -0.1) is 11.3 Å². The summed E-state index contributed by atoms with van der Waals surface area (Å²) in [5, 5.41) is 0.869. The van der Waals surface area contributed by atoms with E-state index in [-0.39, 0.29) is 18.0 Å². The van der Waals surface area contributed by atoms with Gasteiger partial charge in [-0.2, -0.15) is 0 Å². The monoisotopic (exact) mass is 326 g/mol. The Hall–Kier alpha value is -1.63. The van der Waals surface area contributed by atoms with Crippen molar-refractivity contribution in [3.8, 4) is 0 Å². The van der Waals surface area contributed by atoms with Crippen molar-refractivity contribution in [1.82, 2.24) is 9.88 Å². The van der Waals surface area contributed by atoms with Gasteiger partial charge in [-0.3, -0.25) is 0 Å². The molecule has 1 aliphatic rings. The Balaban J connectivity index is 2.03. The summed E-state index contributed by atoms with van der Waals surface area (Å²) in [4.78, 5) is 30.2. The van der Waals surface area contributed by atoms with Gasteiger partial charge in [-0.05, 0) is 33.6 Å². The number of piperidine rings is 1. The highest BCUT2D eigenvalue weighted by atomic mass is 32.1. The number of amides is 1. The summed E-state index contributed by atoms with van der Waals surface area (Å²) in [6.07, 6.45) is 3.10. The number of thiazole rings is 1. The van der Waals surface area contributed by atoms with Crippen LogP contribution in [0, 0.1) is 0 Å². The molecule has 1 unspecified atom stereocenters. The zero-order valence-corrected chi connectivity index (χ0v) is 14.2. The van der Waals surface area contributed by atoms with E-state index < -0.39 is 5.60 Å². The fourth-order valence-corrected chi connectivity index (χ4v) is 3.30. The molecule has 2 rings (SSSR count). The molecule has 0 aliphatic carbocycles. The molecule has 1 aliphatic heterocycles. The average molecular weight is 326 g/mol. The molecule has 2 heterocycles. The molecular formula is C15H22N2O4S. The second kappa shape index (κ2) is 6.64. The first-order chi connectivity index (χ1) is 10.3. The third-order valence-electron chi connectivity index (χ3n) is 3.33. The number of esters is 1. The van der Waals surface area contributed by atoms with E-state index in [9.17, 15) is 9.59 Å². The predicted octanol–water partition coefficient (Wildman–Crippen LogP) is 3.04. The molecular weight excluding hydrogens is 304 g/mol. The van der Waals surface area contributed by atoms with Crippen molar-refractivity contribution in [3.05, 3.63) is 16.1 Å². The van der Waals surface area contributed by atoms with E-state index in [0.717, 1.165) is 17.8 Å². The van der Waals surface area contributed by atoms with Gasteiger partial charge in [-0.25, -0.2) is 14.6 Å². The number of carbonyl (C=O) groups excluding carboxylic acids is 2. The molecule has 7 heteroatoms. The van der Waals surface area contributed by atoms with Crippen molar-refractivity contribution in [2.75, 3.05) is 20.2 Å². The summed E-state index contributed by atoms with van der Waals surface area (Å²) < 4.78 is 10.1. The number of hydrogen-bond donors (Lipinski definition) is 0. The second-order valence-electron chi connectivity index (χ2n) is 6.32. The maximum Gasteiger partial charge on any atom is 0.410 e. The molecule has 6 nitrogen and oxygen atoms in total. The third kappa shape index (κ3) is 4.19. The van der Waals surface area contributed by atoms with Crippen molar-refractivity contribution in [2.45, 2.75) is 45.1 Å². The van der Waals surface area contributed by atoms with Gasteiger partial charge in [0.25, 0.3) is 0 Å². The molecule has 122 valence electrons. The Morgan fingerprint density at radius 2 is 2.14 bits per heavy atom. The topological polar surface area (TPSA) is 68.7 Å². The molecule has 1 aromatic rings. The lowest BCUT2D eigenvalue weighted by Gasteiger charge is -2.33. The Labute approximate surface area is 134 Å². The van der Waals surface area contributed by atoms with Crippen LogP contribution in [0.15, 0.2) is 6.20 Å². The molecule has 0 spiro atoms. The smallest absolute Gasteiger partial charge is 0.410 e. The minimum Gasteiger partial charge on any atom is -0.465 e. The normalized spacial score (nSPS) is 18.9. The number of likely N-dealkylation sites (tertiary alicyclic amines) is 1. The number of methoxy groups -OCH3 is 1. The van der Waals surface area contributed by atoms with Gasteiger partial charge in [-0.1, -0.05) is 0 Å². The molecule has 1 fully saturated rings. The van der Waals surface area contributed by atoms with E-state index >= 15 is 0 Å². The van der Waals surface area contributed by atoms with Crippen LogP contribution in [-0.4, -0.2) is 47.7 Å². The first-order valence-corrected chi connectivity index (χ1v) is 8.14. The highest BCUT2D eigenvalue weighted by Gasteiger charge is 2.30. The van der Waals surface area contributed by atoms with Crippen molar-refractivity contribution in [3.63, 3.8) is 0 Å². The first kappa shape index (κ1) is 16.7. The Kier molecular flexibility index (Phi) is 5.05. The van der Waals surface area contributed by atoms with Crippen LogP contribution >= 0.6 is 11.3 Å². The third-order valence-corrected chi connectivity index (χ3v) is 4.47. The summed E-state index contributed by atoms with van der Waals surface area (Å²) in [6, 6.07) is 0. The lowest BCUT2D eigenvalue weighted by Crippen LogP contribution is -2.42. The van der Waals surface area contributed by atoms with Crippen LogP contribution in [0.25, 0.3) is 0 Å². The van der Waals surface area contributed by atoms with Gasteiger partial charge in [0.1, 0.15) is 10.5 Å². The van der Waals surface area contributed by atoms with Gasteiger partial charge >= 0.3 is 12.1 Å². The van der Waals surface area contributed by atoms with E-state index in [1.807, 2.05) is 20.8 Å².